The molecule has 2 heterocycles. The quantitative estimate of drug-likeness (QED) is 0.541. The molecule has 4 aromatic rings. The molecule has 0 radical (unpaired) electrons. The lowest BCUT2D eigenvalue weighted by atomic mass is 10.1. The Balaban J connectivity index is 1.81. The minimum Gasteiger partial charge on any atom is -0.348 e. The van der Waals surface area contributed by atoms with Crippen molar-refractivity contribution in [3.63, 3.8) is 0 Å². The van der Waals surface area contributed by atoms with Crippen molar-refractivity contribution in [3.05, 3.63) is 94.0 Å². The van der Waals surface area contributed by atoms with E-state index in [0.29, 0.717) is 10.9 Å². The van der Waals surface area contributed by atoms with Crippen LogP contribution in [0.5, 0.6) is 0 Å². The fourth-order valence-corrected chi connectivity index (χ4v) is 3.34. The maximum absolute atomic E-state index is 13.2. The number of hydrogen-bond donors (Lipinski definition) is 1. The lowest BCUT2D eigenvalue weighted by Crippen LogP contribution is -2.32. The van der Waals surface area contributed by atoms with Crippen LogP contribution in [0.2, 0.25) is 0 Å². The van der Waals surface area contributed by atoms with Gasteiger partial charge in [0.2, 0.25) is 0 Å². The molecule has 9 heteroatoms. The number of carbonyl (C=O) groups is 1. The summed E-state index contributed by atoms with van der Waals surface area (Å²) >= 11 is 0. The summed E-state index contributed by atoms with van der Waals surface area (Å²) in [7, 11) is 1.74. The summed E-state index contributed by atoms with van der Waals surface area (Å²) in [6.07, 6.45) is -1.25. The molecule has 0 aliphatic rings. The standard InChI is InChI=1S/C22H17F3N4O2/c1-28-13-14(12-27-28)11-26-20(30)18-9-15-5-2-3-8-19(15)29(21(18)31)17-7-4-6-16(10-17)22(23,24)25/h2-10,12-13H,11H2,1H3,(H,26,30). The average molecular weight is 426 g/mol. The third kappa shape index (κ3) is 4.07. The van der Waals surface area contributed by atoms with Crippen LogP contribution in [0.3, 0.4) is 0 Å². The predicted octanol–water partition coefficient (Wildman–Crippen LogP) is 3.67. The van der Waals surface area contributed by atoms with Crippen LogP contribution in [0, 0.1) is 0 Å². The fraction of sp³-hybridized carbons (Fsp3) is 0.136. The van der Waals surface area contributed by atoms with E-state index in [2.05, 4.69) is 10.4 Å². The lowest BCUT2D eigenvalue weighted by Gasteiger charge is -2.15. The van der Waals surface area contributed by atoms with E-state index < -0.39 is 23.2 Å². The third-order valence-electron chi connectivity index (χ3n) is 4.80. The van der Waals surface area contributed by atoms with E-state index in [1.165, 1.54) is 18.2 Å². The number of para-hydroxylation sites is 1. The first kappa shape index (κ1) is 20.4. The number of carbonyl (C=O) groups excluding carboxylic acids is 1. The third-order valence-corrected chi connectivity index (χ3v) is 4.80. The van der Waals surface area contributed by atoms with Gasteiger partial charge in [0.15, 0.2) is 0 Å². The van der Waals surface area contributed by atoms with E-state index in [1.54, 1.807) is 48.4 Å². The Hall–Kier alpha value is -3.88. The van der Waals surface area contributed by atoms with Crippen LogP contribution < -0.4 is 10.9 Å². The molecular formula is C22H17F3N4O2. The first-order chi connectivity index (χ1) is 14.7. The molecule has 0 saturated carbocycles. The van der Waals surface area contributed by atoms with Crippen molar-refractivity contribution in [1.29, 1.82) is 0 Å². The molecule has 1 N–H and O–H groups in total. The minimum absolute atomic E-state index is 0.0259. The number of pyridine rings is 1. The van der Waals surface area contributed by atoms with Crippen molar-refractivity contribution in [2.24, 2.45) is 7.05 Å². The maximum atomic E-state index is 13.2. The number of nitrogens with one attached hydrogen (secondary N) is 1. The monoisotopic (exact) mass is 426 g/mol. The SMILES string of the molecule is Cn1cc(CNC(=O)c2cc3ccccc3n(-c3cccc(C(F)(F)F)c3)c2=O)cn1. The largest absolute Gasteiger partial charge is 0.416 e. The Morgan fingerprint density at radius 2 is 1.87 bits per heavy atom. The highest BCUT2D eigenvalue weighted by atomic mass is 19.4. The van der Waals surface area contributed by atoms with Crippen LogP contribution >= 0.6 is 0 Å². The molecular weight excluding hydrogens is 409 g/mol. The zero-order chi connectivity index (χ0) is 22.2. The van der Waals surface area contributed by atoms with Gasteiger partial charge in [-0.25, -0.2) is 0 Å². The summed E-state index contributed by atoms with van der Waals surface area (Å²) < 4.78 is 42.3. The average Bonchev–Trinajstić information content (AvgIpc) is 3.16. The second-order valence-electron chi connectivity index (χ2n) is 7.01. The molecule has 0 unspecified atom stereocenters. The molecule has 0 atom stereocenters. The number of alkyl halides is 3. The van der Waals surface area contributed by atoms with Gasteiger partial charge in [0, 0.05) is 31.0 Å². The Labute approximate surface area is 174 Å². The predicted molar refractivity (Wildman–Crippen MR) is 109 cm³/mol. The van der Waals surface area contributed by atoms with E-state index in [-0.39, 0.29) is 17.8 Å². The summed E-state index contributed by atoms with van der Waals surface area (Å²) in [4.78, 5) is 26.0. The topological polar surface area (TPSA) is 68.9 Å². The molecule has 0 aliphatic heterocycles. The number of aryl methyl sites for hydroxylation is 1. The molecule has 6 nitrogen and oxygen atoms in total. The van der Waals surface area contributed by atoms with E-state index >= 15 is 0 Å². The molecule has 1 amide bonds. The highest BCUT2D eigenvalue weighted by Gasteiger charge is 2.30. The molecule has 0 spiro atoms. The van der Waals surface area contributed by atoms with Crippen LogP contribution in [-0.2, 0) is 19.8 Å². The summed E-state index contributed by atoms with van der Waals surface area (Å²) in [5.41, 5.74) is -0.586. The van der Waals surface area contributed by atoms with Gasteiger partial charge in [-0.05, 0) is 35.7 Å². The van der Waals surface area contributed by atoms with Crippen molar-refractivity contribution in [2.45, 2.75) is 12.7 Å². The molecule has 4 rings (SSSR count). The zero-order valence-corrected chi connectivity index (χ0v) is 16.3. The number of halogens is 3. The molecule has 0 bridgehead atoms. The smallest absolute Gasteiger partial charge is 0.348 e. The van der Waals surface area contributed by atoms with Gasteiger partial charge in [-0.2, -0.15) is 18.3 Å². The second kappa shape index (κ2) is 7.75. The van der Waals surface area contributed by atoms with Crippen molar-refractivity contribution in [1.82, 2.24) is 19.7 Å². The molecule has 158 valence electrons. The van der Waals surface area contributed by atoms with E-state index in [0.717, 1.165) is 22.3 Å². The van der Waals surface area contributed by atoms with Crippen molar-refractivity contribution < 1.29 is 18.0 Å². The van der Waals surface area contributed by atoms with Gasteiger partial charge in [-0.15, -0.1) is 0 Å². The Bertz CT molecular complexity index is 1340. The van der Waals surface area contributed by atoms with E-state index in [9.17, 15) is 22.8 Å². The molecule has 0 saturated heterocycles. The Morgan fingerprint density at radius 3 is 2.58 bits per heavy atom. The first-order valence-corrected chi connectivity index (χ1v) is 9.32. The van der Waals surface area contributed by atoms with Crippen LogP contribution in [0.1, 0.15) is 21.5 Å². The normalized spacial score (nSPS) is 11.6. The molecule has 2 aromatic heterocycles. The van der Waals surface area contributed by atoms with Crippen LogP contribution in [-0.4, -0.2) is 20.3 Å². The van der Waals surface area contributed by atoms with Gasteiger partial charge in [-0.1, -0.05) is 24.3 Å². The van der Waals surface area contributed by atoms with Gasteiger partial charge in [0.25, 0.3) is 11.5 Å². The second-order valence-corrected chi connectivity index (χ2v) is 7.01. The highest BCUT2D eigenvalue weighted by Crippen LogP contribution is 2.30. The number of aromatic nitrogens is 3. The summed E-state index contributed by atoms with van der Waals surface area (Å²) in [6, 6.07) is 12.6. The van der Waals surface area contributed by atoms with E-state index in [1.807, 2.05) is 0 Å². The highest BCUT2D eigenvalue weighted by molar-refractivity contribution is 5.97. The zero-order valence-electron chi connectivity index (χ0n) is 16.3. The number of amides is 1. The van der Waals surface area contributed by atoms with Crippen molar-refractivity contribution in [2.75, 3.05) is 0 Å². The molecule has 31 heavy (non-hydrogen) atoms. The van der Waals surface area contributed by atoms with Gasteiger partial charge in [0.1, 0.15) is 5.56 Å². The summed E-state index contributed by atoms with van der Waals surface area (Å²) in [5, 5.41) is 7.23. The fourth-order valence-electron chi connectivity index (χ4n) is 3.34. The van der Waals surface area contributed by atoms with E-state index in [4.69, 9.17) is 0 Å². The maximum Gasteiger partial charge on any atom is 0.416 e. The number of hydrogen-bond acceptors (Lipinski definition) is 3. The lowest BCUT2D eigenvalue weighted by molar-refractivity contribution is -0.137. The van der Waals surface area contributed by atoms with Crippen molar-refractivity contribution in [3.8, 4) is 5.69 Å². The number of rotatable bonds is 4. The number of nitrogens with zero attached hydrogens (tertiary/aromatic N) is 3. The summed E-state index contributed by atoms with van der Waals surface area (Å²) in [5.74, 6) is -0.625. The Morgan fingerprint density at radius 1 is 1.10 bits per heavy atom. The number of fused-ring (bicyclic) bond motifs is 1. The van der Waals surface area contributed by atoms with Gasteiger partial charge < -0.3 is 5.32 Å². The van der Waals surface area contributed by atoms with Gasteiger partial charge >= 0.3 is 6.18 Å². The van der Waals surface area contributed by atoms with Gasteiger partial charge in [-0.3, -0.25) is 18.8 Å². The minimum atomic E-state index is -4.56. The van der Waals surface area contributed by atoms with Crippen LogP contribution in [0.25, 0.3) is 16.6 Å². The Kier molecular flexibility index (Phi) is 5.10. The molecule has 2 aromatic carbocycles. The van der Waals surface area contributed by atoms with Crippen LogP contribution in [0.4, 0.5) is 13.2 Å². The first-order valence-electron chi connectivity index (χ1n) is 9.32. The van der Waals surface area contributed by atoms with Crippen molar-refractivity contribution >= 4 is 16.8 Å². The molecule has 0 fully saturated rings. The number of benzene rings is 2. The summed E-state index contributed by atoms with van der Waals surface area (Å²) in [6.45, 7) is 0.155. The van der Waals surface area contributed by atoms with Gasteiger partial charge in [0.05, 0.1) is 17.3 Å². The molecule has 0 aliphatic carbocycles. The van der Waals surface area contributed by atoms with Crippen LogP contribution in [0.15, 0.2) is 71.8 Å².